The summed E-state index contributed by atoms with van der Waals surface area (Å²) in [4.78, 5) is 10.9. The third-order valence-corrected chi connectivity index (χ3v) is 6.25. The topological polar surface area (TPSA) is 83.5 Å². The van der Waals surface area contributed by atoms with E-state index in [0.717, 1.165) is 29.1 Å². The largest absolute Gasteiger partial charge is 0.481 e. The van der Waals surface area contributed by atoms with Gasteiger partial charge in [0.2, 0.25) is 0 Å². The van der Waals surface area contributed by atoms with Crippen molar-refractivity contribution in [2.75, 3.05) is 18.3 Å². The van der Waals surface area contributed by atoms with Gasteiger partial charge in [0.1, 0.15) is 17.2 Å². The first-order chi connectivity index (χ1) is 12.6. The lowest BCUT2D eigenvalue weighted by Gasteiger charge is -2.31. The Balaban J connectivity index is 1.88. The SMILES string of the molecule is CC1=Cc2cc(NS(=O)(=O)c3ccc(F)cc3)ccc2[N+]1(C)CCC(=O)O. The number of nitrogens with zero attached hydrogens (tertiary/aromatic N) is 1. The number of hydrogen-bond donors (Lipinski definition) is 2. The fourth-order valence-corrected chi connectivity index (χ4v) is 4.23. The number of rotatable bonds is 6. The molecular formula is C19H20FN2O4S+. The highest BCUT2D eigenvalue weighted by Crippen LogP contribution is 2.40. The summed E-state index contributed by atoms with van der Waals surface area (Å²) in [5.74, 6) is -1.37. The Bertz CT molecular complexity index is 1030. The number of quaternary nitrogens is 1. The average molecular weight is 391 g/mol. The lowest BCUT2D eigenvalue weighted by atomic mass is 10.1. The molecule has 1 aliphatic rings. The van der Waals surface area contributed by atoms with Gasteiger partial charge in [0, 0.05) is 30.3 Å². The number of carbonyl (C=O) groups is 1. The molecule has 2 N–H and O–H groups in total. The molecular weight excluding hydrogens is 371 g/mol. The Hall–Kier alpha value is -2.71. The van der Waals surface area contributed by atoms with Crippen molar-refractivity contribution in [3.05, 3.63) is 59.5 Å². The van der Waals surface area contributed by atoms with E-state index < -0.39 is 21.8 Å². The molecule has 1 heterocycles. The van der Waals surface area contributed by atoms with E-state index in [2.05, 4.69) is 4.72 Å². The summed E-state index contributed by atoms with van der Waals surface area (Å²) in [5.41, 5.74) is 3.11. The van der Waals surface area contributed by atoms with Crippen LogP contribution in [0.3, 0.4) is 0 Å². The molecule has 0 bridgehead atoms. The maximum atomic E-state index is 13.0. The zero-order chi connectivity index (χ0) is 19.8. The minimum absolute atomic E-state index is 0.0278. The predicted molar refractivity (Wildman–Crippen MR) is 102 cm³/mol. The van der Waals surface area contributed by atoms with Gasteiger partial charge < -0.3 is 5.11 Å². The van der Waals surface area contributed by atoms with E-state index in [0.29, 0.717) is 16.7 Å². The number of sulfonamides is 1. The molecule has 0 aliphatic carbocycles. The van der Waals surface area contributed by atoms with Gasteiger partial charge in [0.15, 0.2) is 0 Å². The van der Waals surface area contributed by atoms with Crippen LogP contribution in [0.2, 0.25) is 0 Å². The van der Waals surface area contributed by atoms with Gasteiger partial charge in [-0.05, 0) is 36.4 Å². The van der Waals surface area contributed by atoms with Crippen LogP contribution in [0.25, 0.3) is 6.08 Å². The van der Waals surface area contributed by atoms with E-state index in [9.17, 15) is 17.6 Å². The minimum Gasteiger partial charge on any atom is -0.481 e. The predicted octanol–water partition coefficient (Wildman–Crippen LogP) is 3.41. The molecule has 0 aromatic heterocycles. The normalized spacial score (nSPS) is 18.7. The lowest BCUT2D eigenvalue weighted by molar-refractivity contribution is -0.137. The first kappa shape index (κ1) is 19.1. The second-order valence-electron chi connectivity index (χ2n) is 6.68. The van der Waals surface area contributed by atoms with Gasteiger partial charge in [-0.1, -0.05) is 0 Å². The third kappa shape index (κ3) is 3.72. The third-order valence-electron chi connectivity index (χ3n) is 4.85. The van der Waals surface area contributed by atoms with Crippen LogP contribution >= 0.6 is 0 Å². The summed E-state index contributed by atoms with van der Waals surface area (Å²) < 4.78 is 40.8. The molecule has 6 nitrogen and oxygen atoms in total. The fourth-order valence-electron chi connectivity index (χ4n) is 3.18. The van der Waals surface area contributed by atoms with Crippen LogP contribution in [0.1, 0.15) is 18.9 Å². The number of fused-ring (bicyclic) bond motifs is 1. The molecule has 0 saturated heterocycles. The number of anilines is 1. The molecule has 0 radical (unpaired) electrons. The standard InChI is InChI=1S/C19H19FN2O4S/c1-13-11-14-12-16(5-8-18(14)22(13,2)10-9-19(23)24)21-27(25,26)17-6-3-15(20)4-7-17/h3-8,11-12,21H,9-10H2,1-2H3/p+1. The van der Waals surface area contributed by atoms with Crippen molar-refractivity contribution in [2.45, 2.75) is 18.2 Å². The highest BCUT2D eigenvalue weighted by molar-refractivity contribution is 7.92. The maximum Gasteiger partial charge on any atom is 0.309 e. The number of halogens is 1. The van der Waals surface area contributed by atoms with Crippen LogP contribution in [0.15, 0.2) is 53.1 Å². The van der Waals surface area contributed by atoms with E-state index in [1.54, 1.807) is 18.2 Å². The molecule has 0 fully saturated rings. The Labute approximate surface area is 157 Å². The molecule has 1 aliphatic heterocycles. The molecule has 8 heteroatoms. The number of carboxylic acids is 1. The van der Waals surface area contributed by atoms with Crippen molar-refractivity contribution in [3.63, 3.8) is 0 Å². The van der Waals surface area contributed by atoms with E-state index >= 15 is 0 Å². The van der Waals surface area contributed by atoms with Crippen molar-refractivity contribution in [1.29, 1.82) is 0 Å². The summed E-state index contributed by atoms with van der Waals surface area (Å²) in [6.07, 6.45) is 1.95. The summed E-state index contributed by atoms with van der Waals surface area (Å²) in [5, 5.41) is 8.99. The van der Waals surface area contributed by atoms with Gasteiger partial charge >= 0.3 is 5.97 Å². The Kier molecular flexibility index (Phi) is 4.79. The Morgan fingerprint density at radius 3 is 2.48 bits per heavy atom. The quantitative estimate of drug-likeness (QED) is 0.739. The highest BCUT2D eigenvalue weighted by atomic mass is 32.2. The summed E-state index contributed by atoms with van der Waals surface area (Å²) in [6.45, 7) is 2.33. The molecule has 0 spiro atoms. The maximum absolute atomic E-state index is 13.0. The zero-order valence-corrected chi connectivity index (χ0v) is 15.8. The second-order valence-corrected chi connectivity index (χ2v) is 8.36. The van der Waals surface area contributed by atoms with Crippen molar-refractivity contribution in [2.24, 2.45) is 0 Å². The number of nitrogens with one attached hydrogen (secondary N) is 1. The van der Waals surface area contributed by atoms with Gasteiger partial charge in [-0.15, -0.1) is 0 Å². The van der Waals surface area contributed by atoms with Gasteiger partial charge in [0.25, 0.3) is 10.0 Å². The number of aliphatic carboxylic acids is 1. The number of carboxylic acid groups (broad SMARTS) is 1. The van der Waals surface area contributed by atoms with Crippen LogP contribution < -0.4 is 9.21 Å². The Morgan fingerprint density at radius 2 is 1.85 bits per heavy atom. The van der Waals surface area contributed by atoms with E-state index in [-0.39, 0.29) is 11.3 Å². The summed E-state index contributed by atoms with van der Waals surface area (Å²) >= 11 is 0. The molecule has 142 valence electrons. The number of allylic oxidation sites excluding steroid dienone is 1. The molecule has 0 amide bonds. The van der Waals surface area contributed by atoms with Crippen molar-refractivity contribution in [3.8, 4) is 0 Å². The molecule has 1 atom stereocenters. The molecule has 1 unspecified atom stereocenters. The summed E-state index contributed by atoms with van der Waals surface area (Å²) in [6, 6.07) is 9.74. The van der Waals surface area contributed by atoms with E-state index in [1.165, 1.54) is 12.1 Å². The van der Waals surface area contributed by atoms with Crippen LogP contribution in [0, 0.1) is 5.82 Å². The highest BCUT2D eigenvalue weighted by Gasteiger charge is 2.36. The summed E-state index contributed by atoms with van der Waals surface area (Å²) in [7, 11) is -1.90. The molecule has 0 saturated carbocycles. The van der Waals surface area contributed by atoms with Crippen LogP contribution in [-0.2, 0) is 14.8 Å². The molecule has 2 aromatic rings. The van der Waals surface area contributed by atoms with Gasteiger partial charge in [-0.3, -0.25) is 14.0 Å². The Morgan fingerprint density at radius 1 is 1.19 bits per heavy atom. The molecule has 3 rings (SSSR count). The monoisotopic (exact) mass is 391 g/mol. The first-order valence-electron chi connectivity index (χ1n) is 8.31. The van der Waals surface area contributed by atoms with Crippen molar-refractivity contribution >= 4 is 33.4 Å². The number of hydrogen-bond acceptors (Lipinski definition) is 3. The first-order valence-corrected chi connectivity index (χ1v) is 9.79. The van der Waals surface area contributed by atoms with E-state index in [4.69, 9.17) is 5.11 Å². The molecule has 2 aromatic carbocycles. The fraction of sp³-hybridized carbons (Fsp3) is 0.211. The van der Waals surface area contributed by atoms with Crippen molar-refractivity contribution < 1.29 is 22.7 Å². The van der Waals surface area contributed by atoms with E-state index in [1.807, 2.05) is 20.0 Å². The minimum atomic E-state index is -3.83. The van der Waals surface area contributed by atoms with Crippen LogP contribution in [0.4, 0.5) is 15.8 Å². The zero-order valence-electron chi connectivity index (χ0n) is 14.9. The number of benzene rings is 2. The lowest BCUT2D eigenvalue weighted by Crippen LogP contribution is -2.43. The smallest absolute Gasteiger partial charge is 0.309 e. The molecule has 27 heavy (non-hydrogen) atoms. The van der Waals surface area contributed by atoms with Crippen LogP contribution in [-0.4, -0.2) is 33.1 Å². The van der Waals surface area contributed by atoms with Crippen molar-refractivity contribution in [1.82, 2.24) is 4.48 Å². The van der Waals surface area contributed by atoms with Gasteiger partial charge in [-0.25, -0.2) is 12.8 Å². The average Bonchev–Trinajstić information content (AvgIpc) is 2.84. The van der Waals surface area contributed by atoms with Gasteiger partial charge in [0.05, 0.1) is 24.9 Å². The second kappa shape index (κ2) is 6.79. The van der Waals surface area contributed by atoms with Crippen LogP contribution in [0.5, 0.6) is 0 Å². The van der Waals surface area contributed by atoms with Gasteiger partial charge in [-0.2, -0.15) is 0 Å².